The van der Waals surface area contributed by atoms with Gasteiger partial charge in [0.25, 0.3) is 5.69 Å². The fourth-order valence-electron chi connectivity index (χ4n) is 3.60. The van der Waals surface area contributed by atoms with Crippen LogP contribution in [0.1, 0.15) is 24.4 Å². The van der Waals surface area contributed by atoms with Crippen molar-refractivity contribution in [2.24, 2.45) is 0 Å². The molecule has 0 bridgehead atoms. The van der Waals surface area contributed by atoms with Gasteiger partial charge in [-0.3, -0.25) is 19.8 Å². The summed E-state index contributed by atoms with van der Waals surface area (Å²) in [5.74, 6) is 1.06. The summed E-state index contributed by atoms with van der Waals surface area (Å²) in [5, 5.41) is 14.1. The third-order valence-corrected chi connectivity index (χ3v) is 5.17. The summed E-state index contributed by atoms with van der Waals surface area (Å²) in [4.78, 5) is 25.3. The summed E-state index contributed by atoms with van der Waals surface area (Å²) in [6.07, 6.45) is 1.82. The van der Waals surface area contributed by atoms with E-state index < -0.39 is 4.92 Å². The van der Waals surface area contributed by atoms with Crippen LogP contribution in [-0.4, -0.2) is 43.0 Å². The van der Waals surface area contributed by atoms with E-state index in [1.807, 2.05) is 23.1 Å². The van der Waals surface area contributed by atoms with Crippen molar-refractivity contribution in [2.75, 3.05) is 32.6 Å². The Morgan fingerprint density at radius 3 is 2.76 bits per heavy atom. The molecule has 2 aromatic carbocycles. The summed E-state index contributed by atoms with van der Waals surface area (Å²) < 4.78 is 10.8. The second-order valence-electron chi connectivity index (χ2n) is 6.70. The van der Waals surface area contributed by atoms with Gasteiger partial charge in [0, 0.05) is 28.8 Å². The van der Waals surface area contributed by atoms with Gasteiger partial charge in [-0.25, -0.2) is 0 Å². The lowest BCUT2D eigenvalue weighted by Crippen LogP contribution is -2.33. The summed E-state index contributed by atoms with van der Waals surface area (Å²) >= 11 is 5.93. The maximum Gasteiger partial charge on any atom is 0.292 e. The van der Waals surface area contributed by atoms with Gasteiger partial charge < -0.3 is 14.8 Å². The summed E-state index contributed by atoms with van der Waals surface area (Å²) in [7, 11) is 3.19. The number of ether oxygens (including phenoxy) is 2. The van der Waals surface area contributed by atoms with Crippen LogP contribution in [0.25, 0.3) is 0 Å². The molecule has 9 heteroatoms. The van der Waals surface area contributed by atoms with Crippen LogP contribution in [0.2, 0.25) is 5.02 Å². The second-order valence-corrected chi connectivity index (χ2v) is 7.14. The van der Waals surface area contributed by atoms with Gasteiger partial charge in [0.1, 0.15) is 17.2 Å². The Labute approximate surface area is 173 Å². The highest BCUT2D eigenvalue weighted by atomic mass is 35.5. The average molecular weight is 420 g/mol. The second kappa shape index (κ2) is 9.11. The number of nitro benzene ring substituents is 1. The molecule has 1 fully saturated rings. The van der Waals surface area contributed by atoms with Crippen LogP contribution >= 0.6 is 11.6 Å². The predicted molar refractivity (Wildman–Crippen MR) is 110 cm³/mol. The molecule has 3 rings (SSSR count). The van der Waals surface area contributed by atoms with Gasteiger partial charge >= 0.3 is 0 Å². The van der Waals surface area contributed by atoms with E-state index in [0.29, 0.717) is 16.5 Å². The van der Waals surface area contributed by atoms with Crippen molar-refractivity contribution in [3.8, 4) is 11.5 Å². The van der Waals surface area contributed by atoms with E-state index in [1.54, 1.807) is 14.2 Å². The fraction of sp³-hybridized carbons (Fsp3) is 0.350. The normalized spacial score (nSPS) is 16.4. The average Bonchev–Trinajstić information content (AvgIpc) is 3.14. The van der Waals surface area contributed by atoms with Crippen LogP contribution in [-0.2, 0) is 4.79 Å². The van der Waals surface area contributed by atoms with Gasteiger partial charge in [0.15, 0.2) is 0 Å². The SMILES string of the molecule is COc1ccc([C@H]2CCCN2CC(=O)Nc2cc(Cl)ccc2[N+](=O)[O-])c(OC)c1. The number of amides is 1. The molecule has 0 aliphatic carbocycles. The van der Waals surface area contributed by atoms with E-state index in [2.05, 4.69) is 5.32 Å². The number of methoxy groups -OCH3 is 2. The van der Waals surface area contributed by atoms with Gasteiger partial charge in [-0.1, -0.05) is 17.7 Å². The Morgan fingerprint density at radius 1 is 1.28 bits per heavy atom. The Balaban J connectivity index is 1.76. The number of rotatable bonds is 7. The van der Waals surface area contributed by atoms with Gasteiger partial charge in [-0.2, -0.15) is 0 Å². The van der Waals surface area contributed by atoms with E-state index >= 15 is 0 Å². The molecule has 1 atom stereocenters. The molecule has 0 saturated carbocycles. The smallest absolute Gasteiger partial charge is 0.292 e. The molecule has 29 heavy (non-hydrogen) atoms. The standard InChI is InChI=1S/C20H22ClN3O5/c1-28-14-6-7-15(19(11-14)29-2)17-4-3-9-23(17)12-20(25)22-16-10-13(21)5-8-18(16)24(26)27/h5-8,10-11,17H,3-4,9,12H2,1-2H3,(H,22,25)/t17-/m1/s1. The number of likely N-dealkylation sites (tertiary alicyclic amines) is 1. The van der Waals surface area contributed by atoms with Crippen molar-refractivity contribution in [3.05, 3.63) is 57.1 Å². The summed E-state index contributed by atoms with van der Waals surface area (Å²) in [6, 6.07) is 9.72. The number of carbonyl (C=O) groups excluding carboxylic acids is 1. The molecule has 8 nitrogen and oxygen atoms in total. The molecule has 1 aliphatic heterocycles. The zero-order valence-electron chi connectivity index (χ0n) is 16.2. The third-order valence-electron chi connectivity index (χ3n) is 4.94. The molecule has 1 aliphatic rings. The highest BCUT2D eigenvalue weighted by molar-refractivity contribution is 6.31. The van der Waals surface area contributed by atoms with Crippen LogP contribution in [0, 0.1) is 10.1 Å². The number of nitro groups is 1. The predicted octanol–water partition coefficient (Wildman–Crippen LogP) is 4.04. The molecule has 1 saturated heterocycles. The number of anilines is 1. The molecular formula is C20H22ClN3O5. The molecule has 0 radical (unpaired) electrons. The van der Waals surface area contributed by atoms with Crippen molar-refractivity contribution in [1.82, 2.24) is 4.90 Å². The zero-order valence-corrected chi connectivity index (χ0v) is 16.9. The lowest BCUT2D eigenvalue weighted by atomic mass is 10.0. The number of halogens is 1. The molecule has 2 aromatic rings. The molecule has 1 heterocycles. The minimum absolute atomic E-state index is 0.0101. The van der Waals surface area contributed by atoms with Crippen LogP contribution < -0.4 is 14.8 Å². The Morgan fingerprint density at radius 2 is 2.07 bits per heavy atom. The maximum absolute atomic E-state index is 12.6. The molecule has 0 spiro atoms. The highest BCUT2D eigenvalue weighted by Crippen LogP contribution is 2.38. The molecule has 0 unspecified atom stereocenters. The quantitative estimate of drug-likeness (QED) is 0.537. The number of nitrogens with zero attached hydrogens (tertiary/aromatic N) is 2. The fourth-order valence-corrected chi connectivity index (χ4v) is 3.78. The summed E-state index contributed by atoms with van der Waals surface area (Å²) in [5.41, 5.74) is 0.871. The molecule has 1 N–H and O–H groups in total. The molecule has 154 valence electrons. The van der Waals surface area contributed by atoms with Gasteiger partial charge in [0.05, 0.1) is 25.7 Å². The summed E-state index contributed by atoms with van der Waals surface area (Å²) in [6.45, 7) is 0.842. The number of nitrogens with one attached hydrogen (secondary N) is 1. The van der Waals surface area contributed by atoms with E-state index in [9.17, 15) is 14.9 Å². The zero-order chi connectivity index (χ0) is 21.0. The van der Waals surface area contributed by atoms with Crippen molar-refractivity contribution in [3.63, 3.8) is 0 Å². The number of benzene rings is 2. The number of hydrogen-bond acceptors (Lipinski definition) is 6. The first kappa shape index (κ1) is 20.9. The van der Waals surface area contributed by atoms with E-state index in [0.717, 1.165) is 24.9 Å². The lowest BCUT2D eigenvalue weighted by Gasteiger charge is -2.25. The van der Waals surface area contributed by atoms with Gasteiger partial charge in [0.2, 0.25) is 5.91 Å². The molecule has 1 amide bonds. The first-order valence-electron chi connectivity index (χ1n) is 9.12. The first-order chi connectivity index (χ1) is 13.9. The largest absolute Gasteiger partial charge is 0.497 e. The van der Waals surface area contributed by atoms with Crippen LogP contribution in [0.5, 0.6) is 11.5 Å². The maximum atomic E-state index is 12.6. The first-order valence-corrected chi connectivity index (χ1v) is 9.50. The number of hydrogen-bond donors (Lipinski definition) is 1. The van der Waals surface area contributed by atoms with Crippen molar-refractivity contribution >= 4 is 28.9 Å². The molecule has 0 aromatic heterocycles. The van der Waals surface area contributed by atoms with E-state index in [-0.39, 0.29) is 29.9 Å². The van der Waals surface area contributed by atoms with Crippen molar-refractivity contribution < 1.29 is 19.2 Å². The lowest BCUT2D eigenvalue weighted by molar-refractivity contribution is -0.383. The van der Waals surface area contributed by atoms with Gasteiger partial charge in [-0.05, 0) is 37.6 Å². The molecular weight excluding hydrogens is 398 g/mol. The highest BCUT2D eigenvalue weighted by Gasteiger charge is 2.30. The van der Waals surface area contributed by atoms with Crippen LogP contribution in [0.15, 0.2) is 36.4 Å². The Kier molecular flexibility index (Phi) is 6.56. The van der Waals surface area contributed by atoms with Crippen molar-refractivity contribution in [2.45, 2.75) is 18.9 Å². The minimum atomic E-state index is -0.549. The Hall–Kier alpha value is -2.84. The monoisotopic (exact) mass is 419 g/mol. The minimum Gasteiger partial charge on any atom is -0.497 e. The van der Waals surface area contributed by atoms with Crippen LogP contribution in [0.4, 0.5) is 11.4 Å². The van der Waals surface area contributed by atoms with E-state index in [4.69, 9.17) is 21.1 Å². The third kappa shape index (κ3) is 4.78. The van der Waals surface area contributed by atoms with Crippen molar-refractivity contribution in [1.29, 1.82) is 0 Å². The number of carbonyl (C=O) groups is 1. The Bertz CT molecular complexity index is 921. The van der Waals surface area contributed by atoms with Gasteiger partial charge in [-0.15, -0.1) is 0 Å². The van der Waals surface area contributed by atoms with E-state index in [1.165, 1.54) is 18.2 Å². The topological polar surface area (TPSA) is 93.9 Å². The van der Waals surface area contributed by atoms with Crippen LogP contribution in [0.3, 0.4) is 0 Å².